The third kappa shape index (κ3) is 2.55. The van der Waals surface area contributed by atoms with Gasteiger partial charge in [0.05, 0.1) is 23.9 Å². The summed E-state index contributed by atoms with van der Waals surface area (Å²) in [5.41, 5.74) is -0.589. The van der Waals surface area contributed by atoms with E-state index in [1.165, 1.54) is 19.2 Å². The van der Waals surface area contributed by atoms with E-state index >= 15 is 4.39 Å². The largest absolute Gasteiger partial charge is 0.497 e. The predicted molar refractivity (Wildman–Crippen MR) is 94.6 cm³/mol. The van der Waals surface area contributed by atoms with Crippen molar-refractivity contribution < 1.29 is 17.9 Å². The van der Waals surface area contributed by atoms with Crippen LogP contribution in [0, 0.1) is 24.4 Å². The molecule has 1 aliphatic heterocycles. The Kier molecular flexibility index (Phi) is 3.69. The lowest BCUT2D eigenvalue weighted by Crippen LogP contribution is -2.36. The van der Waals surface area contributed by atoms with Crippen LogP contribution in [0.25, 0.3) is 16.8 Å². The molecule has 0 saturated carbocycles. The number of aryl methyl sites for hydroxylation is 1. The Morgan fingerprint density at radius 3 is 2.52 bits per heavy atom. The molecule has 3 aromatic rings. The lowest BCUT2D eigenvalue weighted by Gasteiger charge is -2.34. The molecule has 0 saturated heterocycles. The molecule has 0 aliphatic carbocycles. The number of fused-ring (bicyclic) bond motifs is 3. The Balaban J connectivity index is 2.03. The molecule has 4 rings (SSSR count). The maximum absolute atomic E-state index is 15.5. The first-order valence-electron chi connectivity index (χ1n) is 8.31. The first-order valence-corrected chi connectivity index (χ1v) is 8.31. The molecule has 0 spiro atoms. The number of benzene rings is 2. The highest BCUT2D eigenvalue weighted by molar-refractivity contribution is 5.77. The van der Waals surface area contributed by atoms with Gasteiger partial charge in [0, 0.05) is 6.07 Å². The number of anilines is 1. The number of methoxy groups -OCH3 is 1. The molecule has 1 aromatic heterocycles. The average molecular weight is 374 g/mol. The molecule has 1 N–H and O–H groups in total. The minimum Gasteiger partial charge on any atom is -0.497 e. The zero-order valence-corrected chi connectivity index (χ0v) is 15.2. The minimum atomic E-state index is -0.829. The predicted octanol–water partition coefficient (Wildman–Crippen LogP) is 4.33. The third-order valence-electron chi connectivity index (χ3n) is 4.64. The minimum absolute atomic E-state index is 0.0433. The van der Waals surface area contributed by atoms with E-state index in [0.717, 1.165) is 12.1 Å². The van der Waals surface area contributed by atoms with Crippen molar-refractivity contribution in [2.45, 2.75) is 26.3 Å². The van der Waals surface area contributed by atoms with E-state index in [0.29, 0.717) is 11.6 Å². The van der Waals surface area contributed by atoms with Crippen LogP contribution in [0.5, 0.6) is 5.75 Å². The summed E-state index contributed by atoms with van der Waals surface area (Å²) in [6.07, 6.45) is 0. The molecule has 140 valence electrons. The van der Waals surface area contributed by atoms with Crippen LogP contribution in [0.15, 0.2) is 24.3 Å². The highest BCUT2D eigenvalue weighted by atomic mass is 19.1. The van der Waals surface area contributed by atoms with Gasteiger partial charge in [0.2, 0.25) is 0 Å². The average Bonchev–Trinajstić information content (AvgIpc) is 2.96. The van der Waals surface area contributed by atoms with Crippen molar-refractivity contribution >= 4 is 5.69 Å². The van der Waals surface area contributed by atoms with Gasteiger partial charge >= 0.3 is 0 Å². The Bertz CT molecular complexity index is 1080. The maximum atomic E-state index is 15.5. The van der Waals surface area contributed by atoms with Crippen LogP contribution in [0.2, 0.25) is 0 Å². The van der Waals surface area contributed by atoms with Crippen LogP contribution in [0.1, 0.15) is 25.5 Å². The van der Waals surface area contributed by atoms with Crippen molar-refractivity contribution in [1.82, 2.24) is 14.8 Å². The lowest BCUT2D eigenvalue weighted by molar-refractivity contribution is 0.411. The molecule has 0 atom stereocenters. The van der Waals surface area contributed by atoms with Crippen LogP contribution < -0.4 is 10.1 Å². The molecule has 0 bridgehead atoms. The summed E-state index contributed by atoms with van der Waals surface area (Å²) >= 11 is 0. The first kappa shape index (κ1) is 17.4. The fraction of sp³-hybridized carbons (Fsp3) is 0.263. The highest BCUT2D eigenvalue weighted by Crippen LogP contribution is 2.42. The number of aromatic nitrogens is 3. The van der Waals surface area contributed by atoms with Gasteiger partial charge in [-0.3, -0.25) is 4.57 Å². The summed E-state index contributed by atoms with van der Waals surface area (Å²) in [4.78, 5) is 0. The van der Waals surface area contributed by atoms with E-state index < -0.39 is 23.0 Å². The Morgan fingerprint density at radius 1 is 1.07 bits per heavy atom. The molecule has 0 radical (unpaired) electrons. The van der Waals surface area contributed by atoms with E-state index in [1.807, 2.05) is 13.8 Å². The molecule has 0 amide bonds. The topological polar surface area (TPSA) is 52.0 Å². The summed E-state index contributed by atoms with van der Waals surface area (Å²) in [5.74, 6) is -1.15. The number of ether oxygens (including phenoxy) is 1. The summed E-state index contributed by atoms with van der Waals surface area (Å²) < 4.78 is 50.9. The second kappa shape index (κ2) is 5.73. The smallest absolute Gasteiger partial charge is 0.162 e. The number of hydrogen-bond acceptors (Lipinski definition) is 4. The van der Waals surface area contributed by atoms with Gasteiger partial charge < -0.3 is 10.1 Å². The van der Waals surface area contributed by atoms with Gasteiger partial charge in [-0.15, -0.1) is 10.2 Å². The Labute approximate surface area is 153 Å². The molecule has 0 unspecified atom stereocenters. The Hall–Kier alpha value is -3.03. The van der Waals surface area contributed by atoms with E-state index in [2.05, 4.69) is 15.5 Å². The number of nitrogens with zero attached hydrogens (tertiary/aromatic N) is 3. The molecule has 27 heavy (non-hydrogen) atoms. The van der Waals surface area contributed by atoms with Crippen molar-refractivity contribution in [2.24, 2.45) is 0 Å². The highest BCUT2D eigenvalue weighted by Gasteiger charge is 2.37. The fourth-order valence-electron chi connectivity index (χ4n) is 3.44. The zero-order valence-electron chi connectivity index (χ0n) is 15.2. The SMILES string of the molecule is COc1cc(F)cc(-c2c(F)cc3c(c2F)-n2c(C)nnc2C(C)(C)N3)c1. The summed E-state index contributed by atoms with van der Waals surface area (Å²) in [6, 6.07) is 4.80. The van der Waals surface area contributed by atoms with Crippen molar-refractivity contribution in [1.29, 1.82) is 0 Å². The molecule has 5 nitrogen and oxygen atoms in total. The third-order valence-corrected chi connectivity index (χ3v) is 4.64. The van der Waals surface area contributed by atoms with Crippen LogP contribution in [0.4, 0.5) is 18.9 Å². The van der Waals surface area contributed by atoms with Crippen LogP contribution in [0.3, 0.4) is 0 Å². The van der Waals surface area contributed by atoms with Gasteiger partial charge in [-0.1, -0.05) is 0 Å². The van der Waals surface area contributed by atoms with Crippen molar-refractivity contribution in [3.63, 3.8) is 0 Å². The standard InChI is InChI=1S/C19H17F3N4O/c1-9-24-25-18-19(2,3)23-14-8-13(21)15(16(22)17(14)26(9)18)10-5-11(20)7-12(6-10)27-4/h5-8,23H,1-4H3. The van der Waals surface area contributed by atoms with E-state index in [-0.39, 0.29) is 28.3 Å². The maximum Gasteiger partial charge on any atom is 0.162 e. The van der Waals surface area contributed by atoms with Crippen molar-refractivity contribution in [3.05, 3.63) is 53.4 Å². The Morgan fingerprint density at radius 2 is 1.81 bits per heavy atom. The molecule has 0 fully saturated rings. The van der Waals surface area contributed by atoms with Gasteiger partial charge in [-0.05, 0) is 44.5 Å². The van der Waals surface area contributed by atoms with Crippen LogP contribution in [-0.4, -0.2) is 21.9 Å². The van der Waals surface area contributed by atoms with Gasteiger partial charge in [-0.2, -0.15) is 0 Å². The molecule has 2 aromatic carbocycles. The van der Waals surface area contributed by atoms with Gasteiger partial charge in [0.1, 0.15) is 28.9 Å². The number of halogens is 3. The number of rotatable bonds is 2. The van der Waals surface area contributed by atoms with Crippen molar-refractivity contribution in [2.75, 3.05) is 12.4 Å². The first-order chi connectivity index (χ1) is 12.7. The molecular weight excluding hydrogens is 357 g/mol. The lowest BCUT2D eigenvalue weighted by atomic mass is 9.96. The van der Waals surface area contributed by atoms with Crippen LogP contribution in [-0.2, 0) is 5.54 Å². The summed E-state index contributed by atoms with van der Waals surface area (Å²) in [7, 11) is 1.36. The van der Waals surface area contributed by atoms with Gasteiger partial charge in [0.25, 0.3) is 0 Å². The van der Waals surface area contributed by atoms with Crippen LogP contribution >= 0.6 is 0 Å². The van der Waals surface area contributed by atoms with Gasteiger partial charge in [0.15, 0.2) is 11.6 Å². The molecule has 2 heterocycles. The zero-order chi connectivity index (χ0) is 19.5. The quantitative estimate of drug-likeness (QED) is 0.726. The monoisotopic (exact) mass is 374 g/mol. The fourth-order valence-corrected chi connectivity index (χ4v) is 3.44. The van der Waals surface area contributed by atoms with E-state index in [1.54, 1.807) is 11.5 Å². The van der Waals surface area contributed by atoms with Gasteiger partial charge in [-0.25, -0.2) is 13.2 Å². The number of nitrogens with one attached hydrogen (secondary N) is 1. The number of hydrogen-bond donors (Lipinski definition) is 1. The summed E-state index contributed by atoms with van der Waals surface area (Å²) in [6.45, 7) is 5.38. The second-order valence-electron chi connectivity index (χ2n) is 6.98. The van der Waals surface area contributed by atoms with E-state index in [9.17, 15) is 8.78 Å². The molecule has 1 aliphatic rings. The van der Waals surface area contributed by atoms with Crippen molar-refractivity contribution in [3.8, 4) is 22.6 Å². The summed E-state index contributed by atoms with van der Waals surface area (Å²) in [5, 5.41) is 11.3. The molecular formula is C19H17F3N4O. The van der Waals surface area contributed by atoms with E-state index in [4.69, 9.17) is 4.74 Å². The molecule has 8 heteroatoms. The normalized spacial score (nSPS) is 14.3. The second-order valence-corrected chi connectivity index (χ2v) is 6.98.